The average molecular weight is 453 g/mol. The van der Waals surface area contributed by atoms with E-state index >= 15 is 0 Å². The summed E-state index contributed by atoms with van der Waals surface area (Å²) in [5.74, 6) is 0.439. The van der Waals surface area contributed by atoms with Crippen molar-refractivity contribution >= 4 is 33.9 Å². The van der Waals surface area contributed by atoms with Gasteiger partial charge in [0.15, 0.2) is 5.82 Å². The molecule has 0 spiro atoms. The van der Waals surface area contributed by atoms with Gasteiger partial charge in [0.05, 0.1) is 25.3 Å². The third-order valence-corrected chi connectivity index (χ3v) is 6.01. The molecule has 0 unspecified atom stereocenters. The molecule has 2 aromatic heterocycles. The number of morpholine rings is 1. The van der Waals surface area contributed by atoms with E-state index in [1.807, 2.05) is 0 Å². The van der Waals surface area contributed by atoms with Gasteiger partial charge < -0.3 is 9.47 Å². The first-order chi connectivity index (χ1) is 14.6. The number of amides is 1. The van der Waals surface area contributed by atoms with Gasteiger partial charge in [-0.1, -0.05) is 12.1 Å². The monoisotopic (exact) mass is 452 g/mol. The molecule has 3 aromatic rings. The van der Waals surface area contributed by atoms with Crippen molar-refractivity contribution in [3.8, 4) is 16.2 Å². The highest BCUT2D eigenvalue weighted by atomic mass is 32.1. The molecule has 7 nitrogen and oxygen atoms in total. The molecule has 1 aliphatic rings. The highest BCUT2D eigenvalue weighted by Crippen LogP contribution is 2.30. The molecule has 30 heavy (non-hydrogen) atoms. The number of carbonyl (C=O) groups excluding carboxylic acids is 1. The Kier molecular flexibility index (Phi) is 6.62. The second-order valence-corrected chi connectivity index (χ2v) is 8.13. The highest BCUT2D eigenvalue weighted by molar-refractivity contribution is 7.14. The van der Waals surface area contributed by atoms with E-state index in [0.717, 1.165) is 29.5 Å². The van der Waals surface area contributed by atoms with Gasteiger partial charge in [0.1, 0.15) is 5.75 Å². The fourth-order valence-electron chi connectivity index (χ4n) is 2.93. The van der Waals surface area contributed by atoms with E-state index < -0.39 is 6.61 Å². The molecule has 1 fully saturated rings. The van der Waals surface area contributed by atoms with Crippen LogP contribution in [0.25, 0.3) is 10.4 Å². The highest BCUT2D eigenvalue weighted by Gasteiger charge is 2.16. The van der Waals surface area contributed by atoms with Crippen LogP contribution >= 0.6 is 22.9 Å². The van der Waals surface area contributed by atoms with Crippen LogP contribution in [0, 0.1) is 0 Å². The number of rotatable bonds is 7. The van der Waals surface area contributed by atoms with Crippen LogP contribution in [0.3, 0.4) is 0 Å². The first-order valence-electron chi connectivity index (χ1n) is 9.14. The Labute approximate surface area is 179 Å². The first-order valence-corrected chi connectivity index (χ1v) is 10.8. The Bertz CT molecular complexity index is 1010. The van der Waals surface area contributed by atoms with E-state index in [-0.39, 0.29) is 11.7 Å². The Balaban J connectivity index is 1.39. The normalized spacial score (nSPS) is 14.8. The molecular weight excluding hydrogens is 434 g/mol. The van der Waals surface area contributed by atoms with Crippen LogP contribution in [0.4, 0.5) is 13.9 Å². The lowest BCUT2D eigenvalue weighted by molar-refractivity contribution is -0.0498. The van der Waals surface area contributed by atoms with Crippen molar-refractivity contribution in [3.63, 3.8) is 0 Å². The first kappa shape index (κ1) is 20.8. The van der Waals surface area contributed by atoms with Gasteiger partial charge in [0, 0.05) is 34.9 Å². The second-order valence-electron chi connectivity index (χ2n) is 6.46. The maximum atomic E-state index is 12.6. The van der Waals surface area contributed by atoms with Crippen molar-refractivity contribution < 1.29 is 23.0 Å². The molecule has 0 aliphatic carbocycles. The van der Waals surface area contributed by atoms with Gasteiger partial charge in [-0.2, -0.15) is 13.2 Å². The van der Waals surface area contributed by atoms with Crippen LogP contribution in [0.5, 0.6) is 5.75 Å². The van der Waals surface area contributed by atoms with E-state index in [2.05, 4.69) is 24.3 Å². The van der Waals surface area contributed by atoms with Gasteiger partial charge >= 0.3 is 6.61 Å². The van der Waals surface area contributed by atoms with Crippen LogP contribution in [0.1, 0.15) is 16.2 Å². The predicted octanol–water partition coefficient (Wildman–Crippen LogP) is 3.95. The summed E-state index contributed by atoms with van der Waals surface area (Å²) in [6.07, 6.45) is 0. The zero-order valence-corrected chi connectivity index (χ0v) is 17.3. The van der Waals surface area contributed by atoms with E-state index in [9.17, 15) is 13.6 Å². The van der Waals surface area contributed by atoms with Crippen LogP contribution < -0.4 is 10.1 Å². The minimum Gasteiger partial charge on any atom is -0.435 e. The third kappa shape index (κ3) is 5.36. The van der Waals surface area contributed by atoms with Crippen molar-refractivity contribution in [2.75, 3.05) is 31.6 Å². The SMILES string of the molecule is O=C(Nc1nc(CN2CCOCC2)ns1)c1csc(-c2cccc(OC(F)F)c2)c1. The zero-order chi connectivity index (χ0) is 20.9. The number of carbonyl (C=O) groups is 1. The molecule has 1 saturated heterocycles. The number of aromatic nitrogens is 2. The lowest BCUT2D eigenvalue weighted by atomic mass is 10.1. The number of hydrogen-bond donors (Lipinski definition) is 1. The number of halogens is 2. The van der Waals surface area contributed by atoms with E-state index in [4.69, 9.17) is 4.74 Å². The topological polar surface area (TPSA) is 76.6 Å². The van der Waals surface area contributed by atoms with Crippen molar-refractivity contribution in [2.24, 2.45) is 0 Å². The van der Waals surface area contributed by atoms with Crippen molar-refractivity contribution in [1.82, 2.24) is 14.3 Å². The molecule has 4 rings (SSSR count). The molecule has 3 heterocycles. The summed E-state index contributed by atoms with van der Waals surface area (Å²) < 4.78 is 38.9. The van der Waals surface area contributed by atoms with Crippen LogP contribution in [-0.2, 0) is 11.3 Å². The molecular formula is C19H18F2N4O3S2. The number of hydrogen-bond acceptors (Lipinski definition) is 8. The van der Waals surface area contributed by atoms with Gasteiger partial charge in [0.25, 0.3) is 5.91 Å². The van der Waals surface area contributed by atoms with Crippen LogP contribution in [-0.4, -0.2) is 53.1 Å². The molecule has 0 saturated carbocycles. The number of ether oxygens (including phenoxy) is 2. The zero-order valence-electron chi connectivity index (χ0n) is 15.7. The lowest BCUT2D eigenvalue weighted by Gasteiger charge is -2.25. The third-order valence-electron chi connectivity index (χ3n) is 4.36. The quantitative estimate of drug-likeness (QED) is 0.585. The summed E-state index contributed by atoms with van der Waals surface area (Å²) in [6, 6.07) is 8.08. The second kappa shape index (κ2) is 9.56. The summed E-state index contributed by atoms with van der Waals surface area (Å²) in [7, 11) is 0. The van der Waals surface area contributed by atoms with E-state index in [1.54, 1.807) is 23.6 Å². The van der Waals surface area contributed by atoms with Crippen LogP contribution in [0.15, 0.2) is 35.7 Å². The molecule has 1 amide bonds. The average Bonchev–Trinajstić information content (AvgIpc) is 3.38. The maximum Gasteiger partial charge on any atom is 0.387 e. The molecule has 1 aromatic carbocycles. The van der Waals surface area contributed by atoms with Crippen molar-refractivity contribution in [1.29, 1.82) is 0 Å². The number of thiophene rings is 1. The lowest BCUT2D eigenvalue weighted by Crippen LogP contribution is -2.35. The summed E-state index contributed by atoms with van der Waals surface area (Å²) >= 11 is 2.48. The van der Waals surface area contributed by atoms with Crippen molar-refractivity contribution in [2.45, 2.75) is 13.2 Å². The standard InChI is InChI=1S/C19H18F2N4O3S2/c20-18(21)28-14-3-1-2-12(8-14)15-9-13(11-29-15)17(26)23-19-22-16(24-30-19)10-25-4-6-27-7-5-25/h1-3,8-9,11,18H,4-7,10H2,(H,22,23,24,26). The van der Waals surface area contributed by atoms with Crippen molar-refractivity contribution in [3.05, 3.63) is 47.1 Å². The molecule has 0 radical (unpaired) electrons. The number of benzene rings is 1. The summed E-state index contributed by atoms with van der Waals surface area (Å²) in [5.41, 5.74) is 1.15. The van der Waals surface area contributed by atoms with E-state index in [1.165, 1.54) is 23.5 Å². The fraction of sp³-hybridized carbons (Fsp3) is 0.316. The fourth-order valence-corrected chi connectivity index (χ4v) is 4.39. The molecule has 11 heteroatoms. The molecule has 0 bridgehead atoms. The minimum atomic E-state index is -2.88. The summed E-state index contributed by atoms with van der Waals surface area (Å²) in [6.45, 7) is 0.807. The number of alkyl halides is 2. The largest absolute Gasteiger partial charge is 0.435 e. The summed E-state index contributed by atoms with van der Waals surface area (Å²) in [4.78, 5) is 19.9. The van der Waals surface area contributed by atoms with Crippen LogP contribution in [0.2, 0.25) is 0 Å². The molecule has 158 valence electrons. The van der Waals surface area contributed by atoms with Gasteiger partial charge in [-0.25, -0.2) is 4.98 Å². The minimum absolute atomic E-state index is 0.0727. The van der Waals surface area contributed by atoms with Gasteiger partial charge in [-0.15, -0.1) is 11.3 Å². The Morgan fingerprint density at radius 1 is 1.30 bits per heavy atom. The smallest absolute Gasteiger partial charge is 0.387 e. The number of nitrogens with one attached hydrogen (secondary N) is 1. The molecule has 1 N–H and O–H groups in total. The molecule has 1 aliphatic heterocycles. The van der Waals surface area contributed by atoms with Gasteiger partial charge in [-0.3, -0.25) is 15.0 Å². The van der Waals surface area contributed by atoms with E-state index in [0.29, 0.717) is 41.8 Å². The Hall–Kier alpha value is -2.47. The number of nitrogens with zero attached hydrogens (tertiary/aromatic N) is 3. The Morgan fingerprint density at radius 2 is 2.13 bits per heavy atom. The Morgan fingerprint density at radius 3 is 2.93 bits per heavy atom. The maximum absolute atomic E-state index is 12.6. The predicted molar refractivity (Wildman–Crippen MR) is 110 cm³/mol. The summed E-state index contributed by atoms with van der Waals surface area (Å²) in [5, 5.41) is 4.91. The number of anilines is 1. The van der Waals surface area contributed by atoms with Gasteiger partial charge in [-0.05, 0) is 23.8 Å². The van der Waals surface area contributed by atoms with Gasteiger partial charge in [0.2, 0.25) is 5.13 Å². The molecule has 0 atom stereocenters.